The molecule has 0 bridgehead atoms. The van der Waals surface area contributed by atoms with E-state index in [0.717, 1.165) is 11.6 Å². The second-order valence-electron chi connectivity index (χ2n) is 4.39. The Bertz CT molecular complexity index is 659. The summed E-state index contributed by atoms with van der Waals surface area (Å²) in [6.07, 6.45) is -4.26. The molecule has 0 aliphatic rings. The van der Waals surface area contributed by atoms with Crippen LogP contribution in [0.2, 0.25) is 0 Å². The van der Waals surface area contributed by atoms with Gasteiger partial charge in [0, 0.05) is 0 Å². The summed E-state index contributed by atoms with van der Waals surface area (Å²) in [5.74, 6) is -0.211. The van der Waals surface area contributed by atoms with Crippen molar-refractivity contribution in [2.45, 2.75) is 19.2 Å². The maximum atomic E-state index is 12.9. The Morgan fingerprint density at radius 3 is 2.24 bits per heavy atom. The molecule has 0 amide bonds. The molecule has 2 aromatic rings. The predicted octanol–water partition coefficient (Wildman–Crippen LogP) is 4.35. The van der Waals surface area contributed by atoms with E-state index in [1.807, 2.05) is 6.07 Å². The molecule has 0 aliphatic carbocycles. The van der Waals surface area contributed by atoms with Gasteiger partial charge in [0.1, 0.15) is 12.4 Å². The number of rotatable bonds is 4. The van der Waals surface area contributed by atoms with Gasteiger partial charge < -0.3 is 4.74 Å². The van der Waals surface area contributed by atoms with Gasteiger partial charge in [0.15, 0.2) is 0 Å². The van der Waals surface area contributed by atoms with E-state index in [0.29, 0.717) is 5.56 Å². The Hall–Kier alpha value is -2.48. The second kappa shape index (κ2) is 6.31. The molecule has 2 rings (SSSR count). The Labute approximate surface area is 120 Å². The Morgan fingerprint density at radius 2 is 1.57 bits per heavy atom. The van der Waals surface area contributed by atoms with Crippen molar-refractivity contribution in [3.8, 4) is 11.8 Å². The number of hydrogen-bond acceptors (Lipinski definition) is 2. The van der Waals surface area contributed by atoms with Crippen LogP contribution in [0, 0.1) is 11.3 Å². The molecule has 0 saturated carbocycles. The molecule has 0 heterocycles. The zero-order valence-electron chi connectivity index (χ0n) is 11.0. The molecule has 0 atom stereocenters. The van der Waals surface area contributed by atoms with Crippen LogP contribution in [0.3, 0.4) is 0 Å². The molecule has 21 heavy (non-hydrogen) atoms. The van der Waals surface area contributed by atoms with Gasteiger partial charge in [0.05, 0.1) is 18.1 Å². The molecular formula is C16H12F3NO. The molecule has 0 saturated heterocycles. The van der Waals surface area contributed by atoms with E-state index < -0.39 is 11.7 Å². The van der Waals surface area contributed by atoms with Gasteiger partial charge >= 0.3 is 6.18 Å². The lowest BCUT2D eigenvalue weighted by atomic mass is 10.1. The molecule has 0 fully saturated rings. The van der Waals surface area contributed by atoms with Crippen molar-refractivity contribution < 1.29 is 17.9 Å². The van der Waals surface area contributed by atoms with Crippen LogP contribution in [-0.4, -0.2) is 0 Å². The van der Waals surface area contributed by atoms with Crippen LogP contribution in [0.4, 0.5) is 13.2 Å². The molecule has 0 spiro atoms. The molecule has 108 valence electrons. The van der Waals surface area contributed by atoms with Gasteiger partial charge in [-0.1, -0.05) is 36.4 Å². The van der Waals surface area contributed by atoms with E-state index >= 15 is 0 Å². The predicted molar refractivity (Wildman–Crippen MR) is 71.5 cm³/mol. The topological polar surface area (TPSA) is 33.0 Å². The lowest BCUT2D eigenvalue weighted by molar-refractivity contribution is -0.139. The van der Waals surface area contributed by atoms with Crippen molar-refractivity contribution in [1.29, 1.82) is 5.26 Å². The number of para-hydroxylation sites is 1. The number of ether oxygens (including phenoxy) is 1. The van der Waals surface area contributed by atoms with E-state index in [4.69, 9.17) is 10.00 Å². The van der Waals surface area contributed by atoms with E-state index in [1.165, 1.54) is 18.2 Å². The fraction of sp³-hybridized carbons (Fsp3) is 0.188. The maximum Gasteiger partial charge on any atom is 0.419 e. The number of nitrogens with zero attached hydrogens (tertiary/aromatic N) is 1. The zero-order chi connectivity index (χ0) is 15.3. The van der Waals surface area contributed by atoms with Crippen LogP contribution in [0.25, 0.3) is 0 Å². The summed E-state index contributed by atoms with van der Waals surface area (Å²) in [5.41, 5.74) is 0.656. The number of nitriles is 1. The highest BCUT2D eigenvalue weighted by atomic mass is 19.4. The van der Waals surface area contributed by atoms with Crippen molar-refractivity contribution in [3.05, 3.63) is 65.2 Å². The monoisotopic (exact) mass is 291 g/mol. The quantitative estimate of drug-likeness (QED) is 0.839. The first-order chi connectivity index (χ1) is 10.0. The van der Waals surface area contributed by atoms with E-state index in [1.54, 1.807) is 24.3 Å². The Morgan fingerprint density at radius 1 is 0.952 bits per heavy atom. The van der Waals surface area contributed by atoms with Crippen molar-refractivity contribution in [1.82, 2.24) is 0 Å². The first-order valence-corrected chi connectivity index (χ1v) is 6.25. The number of benzene rings is 2. The minimum Gasteiger partial charge on any atom is -0.488 e. The highest BCUT2D eigenvalue weighted by molar-refractivity contribution is 5.36. The zero-order valence-corrected chi connectivity index (χ0v) is 11.0. The normalized spacial score (nSPS) is 11.0. The smallest absolute Gasteiger partial charge is 0.419 e. The SMILES string of the molecule is N#CCc1ccccc1COc1ccccc1C(F)(F)F. The van der Waals surface area contributed by atoms with Gasteiger partial charge in [0.25, 0.3) is 0 Å². The maximum absolute atomic E-state index is 12.9. The third-order valence-corrected chi connectivity index (χ3v) is 2.96. The van der Waals surface area contributed by atoms with E-state index in [9.17, 15) is 13.2 Å². The molecule has 5 heteroatoms. The van der Waals surface area contributed by atoms with Crippen molar-refractivity contribution in [2.24, 2.45) is 0 Å². The Balaban J connectivity index is 2.20. The van der Waals surface area contributed by atoms with Gasteiger partial charge in [-0.25, -0.2) is 0 Å². The van der Waals surface area contributed by atoms with Gasteiger partial charge in [-0.2, -0.15) is 18.4 Å². The number of alkyl halides is 3. The third kappa shape index (κ3) is 3.76. The van der Waals surface area contributed by atoms with Crippen LogP contribution >= 0.6 is 0 Å². The van der Waals surface area contributed by atoms with Crippen molar-refractivity contribution in [3.63, 3.8) is 0 Å². The molecule has 0 radical (unpaired) electrons. The summed E-state index contributed by atoms with van der Waals surface area (Å²) >= 11 is 0. The van der Waals surface area contributed by atoms with Crippen molar-refractivity contribution in [2.75, 3.05) is 0 Å². The second-order valence-corrected chi connectivity index (χ2v) is 4.39. The molecule has 2 nitrogen and oxygen atoms in total. The summed E-state index contributed by atoms with van der Waals surface area (Å²) in [6.45, 7) is -0.00898. The molecule has 0 aliphatic heterocycles. The molecular weight excluding hydrogens is 279 g/mol. The average molecular weight is 291 g/mol. The summed E-state index contributed by atoms with van der Waals surface area (Å²) < 4.78 is 43.9. The molecule has 0 unspecified atom stereocenters. The van der Waals surface area contributed by atoms with Crippen molar-refractivity contribution >= 4 is 0 Å². The molecule has 2 aromatic carbocycles. The fourth-order valence-corrected chi connectivity index (χ4v) is 1.94. The minimum atomic E-state index is -4.46. The summed E-state index contributed by atoms with van der Waals surface area (Å²) in [7, 11) is 0. The largest absolute Gasteiger partial charge is 0.488 e. The summed E-state index contributed by atoms with van der Waals surface area (Å²) in [6, 6.07) is 14.1. The molecule has 0 N–H and O–H groups in total. The van der Waals surface area contributed by atoms with Crippen LogP contribution in [0.1, 0.15) is 16.7 Å². The van der Waals surface area contributed by atoms with Crippen LogP contribution in [0.15, 0.2) is 48.5 Å². The van der Waals surface area contributed by atoms with Gasteiger partial charge in [-0.3, -0.25) is 0 Å². The van der Waals surface area contributed by atoms with E-state index in [-0.39, 0.29) is 18.8 Å². The van der Waals surface area contributed by atoms with E-state index in [2.05, 4.69) is 0 Å². The van der Waals surface area contributed by atoms with Gasteiger partial charge in [-0.05, 0) is 23.3 Å². The summed E-state index contributed by atoms with van der Waals surface area (Å²) in [4.78, 5) is 0. The van der Waals surface area contributed by atoms with Gasteiger partial charge in [0.2, 0.25) is 0 Å². The highest BCUT2D eigenvalue weighted by Crippen LogP contribution is 2.36. The minimum absolute atomic E-state index is 0.00898. The Kier molecular flexibility index (Phi) is 4.49. The standard InChI is InChI=1S/C16H12F3NO/c17-16(18,19)14-7-3-4-8-15(14)21-11-13-6-2-1-5-12(13)9-10-20/h1-8H,9,11H2. The lowest BCUT2D eigenvalue weighted by Crippen LogP contribution is -2.09. The lowest BCUT2D eigenvalue weighted by Gasteiger charge is -2.14. The van der Waals surface area contributed by atoms with Crippen LogP contribution in [-0.2, 0) is 19.2 Å². The first-order valence-electron chi connectivity index (χ1n) is 6.25. The third-order valence-electron chi connectivity index (χ3n) is 2.96. The van der Waals surface area contributed by atoms with Crippen LogP contribution < -0.4 is 4.74 Å². The first kappa shape index (κ1) is 14.9. The highest BCUT2D eigenvalue weighted by Gasteiger charge is 2.33. The fourth-order valence-electron chi connectivity index (χ4n) is 1.94. The summed E-state index contributed by atoms with van der Waals surface area (Å²) in [5, 5.41) is 8.74. The van der Waals surface area contributed by atoms with Gasteiger partial charge in [-0.15, -0.1) is 0 Å². The average Bonchev–Trinajstić information content (AvgIpc) is 2.46. The number of hydrogen-bond donors (Lipinski definition) is 0. The number of halogens is 3. The van der Waals surface area contributed by atoms with Crippen LogP contribution in [0.5, 0.6) is 5.75 Å². The molecule has 0 aromatic heterocycles.